The van der Waals surface area contributed by atoms with Crippen LogP contribution in [0.3, 0.4) is 0 Å². The average Bonchev–Trinajstić information content (AvgIpc) is 3.95. The summed E-state index contributed by atoms with van der Waals surface area (Å²) in [6.07, 6.45) is 6.54. The zero-order valence-electron chi connectivity index (χ0n) is 41.5. The average molecular weight is 1070 g/mol. The van der Waals surface area contributed by atoms with E-state index in [-0.39, 0.29) is 57.1 Å². The fourth-order valence-electron chi connectivity index (χ4n) is 8.00. The predicted molar refractivity (Wildman–Crippen MR) is 276 cm³/mol. The molecule has 2 fully saturated rings. The van der Waals surface area contributed by atoms with Gasteiger partial charge in [-0.05, 0) is 95.8 Å². The third-order valence-electron chi connectivity index (χ3n) is 12.3. The molecule has 20 heteroatoms. The number of ether oxygens (including phenoxy) is 4. The fraction of sp³-hybridized carbons (Fsp3) is 0.549. The van der Waals surface area contributed by atoms with Gasteiger partial charge in [0.25, 0.3) is 0 Å². The lowest BCUT2D eigenvalue weighted by Crippen LogP contribution is -2.58. The molecule has 2 aromatic heterocycles. The van der Waals surface area contributed by atoms with Gasteiger partial charge in [-0.15, -0.1) is 11.3 Å². The van der Waals surface area contributed by atoms with Crippen LogP contribution in [0.4, 0.5) is 17.5 Å². The minimum absolute atomic E-state index is 0.0129. The number of aliphatic hydroxyl groups is 1. The van der Waals surface area contributed by atoms with E-state index in [1.807, 2.05) is 93.7 Å². The number of thiazole rings is 1. The SMILES string of the molecule is Cc1ncsc1-c1ccc(CNC(=O)[C@@H]2C[C@@H](O)CN2C(=O)[C@@H](NC(=O)COCCOCCOCCCCOc2ccc(Nc3ncc(Br)c(NCCCN(C)C(=O)C4CCC4)n3)cc2)C(C)(C)C)cc1. The Labute approximate surface area is 429 Å². The monoisotopic (exact) mass is 1060 g/mol. The first-order valence-corrected chi connectivity index (χ1v) is 26.1. The maximum atomic E-state index is 13.9. The number of nitrogens with one attached hydrogen (secondary N) is 4. The fourth-order valence-corrected chi connectivity index (χ4v) is 9.14. The van der Waals surface area contributed by atoms with E-state index >= 15 is 0 Å². The normalized spacial score (nSPS) is 16.2. The number of nitrogens with zero attached hydrogens (tertiary/aromatic N) is 5. The molecule has 4 aromatic rings. The highest BCUT2D eigenvalue weighted by atomic mass is 79.9. The van der Waals surface area contributed by atoms with Gasteiger partial charge in [0.2, 0.25) is 29.6 Å². The summed E-state index contributed by atoms with van der Waals surface area (Å²) in [7, 11) is 1.88. The van der Waals surface area contributed by atoms with Crippen molar-refractivity contribution in [2.45, 2.75) is 97.4 Å². The summed E-state index contributed by atoms with van der Waals surface area (Å²) < 4.78 is 23.5. The molecule has 0 spiro atoms. The lowest BCUT2D eigenvalue weighted by Gasteiger charge is -2.35. The van der Waals surface area contributed by atoms with Gasteiger partial charge in [-0.25, -0.2) is 9.97 Å². The van der Waals surface area contributed by atoms with E-state index in [1.165, 1.54) is 4.90 Å². The summed E-state index contributed by atoms with van der Waals surface area (Å²) in [4.78, 5) is 70.3. The second-order valence-corrected chi connectivity index (χ2v) is 20.7. The molecule has 386 valence electrons. The van der Waals surface area contributed by atoms with Crippen LogP contribution in [0.5, 0.6) is 5.75 Å². The van der Waals surface area contributed by atoms with Crippen molar-refractivity contribution in [2.24, 2.45) is 11.3 Å². The number of aliphatic hydroxyl groups excluding tert-OH is 1. The van der Waals surface area contributed by atoms with Gasteiger partial charge in [-0.3, -0.25) is 19.2 Å². The number of anilines is 3. The Balaban J connectivity index is 0.785. The highest BCUT2D eigenvalue weighted by Gasteiger charge is 2.44. The molecule has 1 aliphatic carbocycles. The van der Waals surface area contributed by atoms with Gasteiger partial charge < -0.3 is 55.1 Å². The van der Waals surface area contributed by atoms with E-state index in [1.54, 1.807) is 17.5 Å². The van der Waals surface area contributed by atoms with Crippen molar-refractivity contribution in [2.75, 3.05) is 83.6 Å². The first kappa shape index (κ1) is 55.1. The molecule has 2 aliphatic rings. The number of halogens is 1. The molecule has 18 nitrogen and oxygen atoms in total. The van der Waals surface area contributed by atoms with E-state index in [0.29, 0.717) is 51.3 Å². The molecular weight excluding hydrogens is 995 g/mol. The number of amides is 4. The number of aryl methyl sites for hydroxylation is 1. The molecule has 4 amide bonds. The van der Waals surface area contributed by atoms with E-state index in [2.05, 4.69) is 52.1 Å². The highest BCUT2D eigenvalue weighted by Crippen LogP contribution is 2.30. The van der Waals surface area contributed by atoms with Crippen molar-refractivity contribution in [1.82, 2.24) is 35.4 Å². The summed E-state index contributed by atoms with van der Waals surface area (Å²) in [6.45, 7) is 11.1. The quantitative estimate of drug-likeness (QED) is 0.0384. The van der Waals surface area contributed by atoms with Crippen LogP contribution in [0.15, 0.2) is 64.7 Å². The summed E-state index contributed by atoms with van der Waals surface area (Å²) in [5.74, 6) is 1.06. The summed E-state index contributed by atoms with van der Waals surface area (Å²) in [5, 5.41) is 22.8. The van der Waals surface area contributed by atoms with Crippen LogP contribution in [0.2, 0.25) is 0 Å². The van der Waals surface area contributed by atoms with Crippen molar-refractivity contribution in [1.29, 1.82) is 0 Å². The van der Waals surface area contributed by atoms with E-state index in [0.717, 1.165) is 76.1 Å². The molecule has 6 rings (SSSR count). The van der Waals surface area contributed by atoms with Crippen molar-refractivity contribution in [3.63, 3.8) is 0 Å². The zero-order chi connectivity index (χ0) is 50.8. The third kappa shape index (κ3) is 17.2. The van der Waals surface area contributed by atoms with Crippen molar-refractivity contribution in [3.8, 4) is 16.2 Å². The molecule has 0 radical (unpaired) electrons. The molecule has 3 atom stereocenters. The molecule has 0 bridgehead atoms. The van der Waals surface area contributed by atoms with Crippen molar-refractivity contribution in [3.05, 3.63) is 76.0 Å². The smallest absolute Gasteiger partial charge is 0.246 e. The van der Waals surface area contributed by atoms with Gasteiger partial charge in [-0.1, -0.05) is 51.5 Å². The molecule has 5 N–H and O–H groups in total. The van der Waals surface area contributed by atoms with Crippen LogP contribution in [0, 0.1) is 18.3 Å². The Hall–Kier alpha value is -5.25. The van der Waals surface area contributed by atoms with Crippen LogP contribution in [-0.4, -0.2) is 145 Å². The van der Waals surface area contributed by atoms with E-state index in [4.69, 9.17) is 18.9 Å². The Morgan fingerprint density at radius 1 is 0.930 bits per heavy atom. The number of aromatic nitrogens is 3. The number of carbonyl (C=O) groups excluding carboxylic acids is 4. The first-order valence-electron chi connectivity index (χ1n) is 24.5. The molecular formula is C51H70BrN9O9S. The molecule has 71 heavy (non-hydrogen) atoms. The Bertz CT molecular complexity index is 2330. The van der Waals surface area contributed by atoms with Crippen molar-refractivity contribution >= 4 is 68.3 Å². The van der Waals surface area contributed by atoms with E-state index < -0.39 is 35.4 Å². The maximum absolute atomic E-state index is 13.9. The van der Waals surface area contributed by atoms with Crippen LogP contribution in [-0.2, 0) is 39.9 Å². The number of hydrogen-bond acceptors (Lipinski definition) is 15. The van der Waals surface area contributed by atoms with E-state index in [9.17, 15) is 24.3 Å². The van der Waals surface area contributed by atoms with Gasteiger partial charge in [0, 0.05) is 64.1 Å². The van der Waals surface area contributed by atoms with Crippen LogP contribution >= 0.6 is 27.3 Å². The first-order chi connectivity index (χ1) is 34.2. The molecule has 1 aliphatic heterocycles. The number of benzene rings is 2. The van der Waals surface area contributed by atoms with Gasteiger partial charge >= 0.3 is 0 Å². The molecule has 1 saturated heterocycles. The number of hydrogen-bond donors (Lipinski definition) is 5. The zero-order valence-corrected chi connectivity index (χ0v) is 43.9. The van der Waals surface area contributed by atoms with Gasteiger partial charge in [0.05, 0.1) is 59.7 Å². The van der Waals surface area contributed by atoms with Crippen molar-refractivity contribution < 1.29 is 43.2 Å². The predicted octanol–water partition coefficient (Wildman–Crippen LogP) is 6.49. The number of rotatable bonds is 28. The molecule has 1 saturated carbocycles. The van der Waals surface area contributed by atoms with Gasteiger partial charge in [0.1, 0.15) is 30.3 Å². The Morgan fingerprint density at radius 2 is 1.63 bits per heavy atom. The standard InChI is InChI=1S/C51H70BrN9O9S/c1-34-44(71-33-56-34)36-14-12-35(13-15-36)29-54-47(64)42-28-39(62)31-61(42)49(66)45(51(2,3)4)58-43(63)32-69-27-26-68-25-24-67-22-6-7-23-70-40-18-16-38(17-19-40)57-50-55-30-41(52)46(59-50)53-20-9-21-60(5)48(65)37-10-8-11-37/h12-19,30,33,37,39,42,45,62H,6-11,20-29,31-32H2,1-5H3,(H,54,64)(H,58,63)(H2,53,55,57,59)/t39-,42+,45-/m1/s1. The highest BCUT2D eigenvalue weighted by molar-refractivity contribution is 9.10. The number of carbonyl (C=O) groups is 4. The Kier molecular flexibility index (Phi) is 21.4. The molecule has 3 heterocycles. The molecule has 0 unspecified atom stereocenters. The number of β-amino-alcohol motifs (C(OH)–C–C–N with tert-alkyl or cyclic N) is 1. The lowest BCUT2D eigenvalue weighted by molar-refractivity contribution is -0.144. The number of likely N-dealkylation sites (tertiary alicyclic amines) is 1. The summed E-state index contributed by atoms with van der Waals surface area (Å²) in [5.41, 5.74) is 4.85. The van der Waals surface area contributed by atoms with Crippen LogP contribution < -0.4 is 26.0 Å². The lowest BCUT2D eigenvalue weighted by atomic mass is 9.84. The maximum Gasteiger partial charge on any atom is 0.246 e. The largest absolute Gasteiger partial charge is 0.494 e. The second kappa shape index (κ2) is 27.5. The summed E-state index contributed by atoms with van der Waals surface area (Å²) >= 11 is 5.09. The summed E-state index contributed by atoms with van der Waals surface area (Å²) in [6, 6.07) is 13.6. The minimum atomic E-state index is -0.959. The second-order valence-electron chi connectivity index (χ2n) is 19.0. The van der Waals surface area contributed by atoms with Crippen LogP contribution in [0.1, 0.15) is 77.0 Å². The van der Waals surface area contributed by atoms with Gasteiger partial charge in [-0.2, -0.15) is 4.98 Å². The number of unbranched alkanes of at least 4 members (excludes halogenated alkanes) is 1. The topological polar surface area (TPSA) is 219 Å². The van der Waals surface area contributed by atoms with Crippen LogP contribution in [0.25, 0.3) is 10.4 Å². The minimum Gasteiger partial charge on any atom is -0.494 e. The molecule has 2 aromatic carbocycles. The Morgan fingerprint density at radius 3 is 2.31 bits per heavy atom. The third-order valence-corrected chi connectivity index (χ3v) is 13.8. The van der Waals surface area contributed by atoms with Gasteiger partial charge in [0.15, 0.2) is 0 Å².